The minimum absolute atomic E-state index is 0.172. The van der Waals surface area contributed by atoms with Crippen LogP contribution in [0.2, 0.25) is 0 Å². The van der Waals surface area contributed by atoms with Crippen molar-refractivity contribution in [3.8, 4) is 11.8 Å². The van der Waals surface area contributed by atoms with E-state index >= 15 is 0 Å². The maximum atomic E-state index is 13.9. The number of nitrogens with zero attached hydrogens (tertiary/aromatic N) is 3. The molecule has 2 heterocycles. The van der Waals surface area contributed by atoms with Crippen molar-refractivity contribution >= 4 is 23.4 Å². The number of nitriles is 1. The minimum Gasteiger partial charge on any atom is -0.496 e. The van der Waals surface area contributed by atoms with Crippen molar-refractivity contribution in [2.45, 2.75) is 58.2 Å². The Kier molecular flexibility index (Phi) is 6.77. The first kappa shape index (κ1) is 25.2. The second-order valence-corrected chi connectivity index (χ2v) is 10.7. The normalized spacial score (nSPS) is 18.1. The lowest BCUT2D eigenvalue weighted by atomic mass is 9.86. The number of likely N-dealkylation sites (N-methyl/N-ethyl adjacent to an activating group) is 1. The highest BCUT2D eigenvalue weighted by atomic mass is 16.5. The van der Waals surface area contributed by atoms with Gasteiger partial charge in [-0.1, -0.05) is 45.0 Å². The lowest BCUT2D eigenvalue weighted by Gasteiger charge is -2.36. The molecule has 0 aromatic heterocycles. The second kappa shape index (κ2) is 9.65. The number of amides is 3. The van der Waals surface area contributed by atoms with Crippen LogP contribution in [0.4, 0.5) is 5.69 Å². The molecule has 8 nitrogen and oxygen atoms in total. The number of hydrogen-bond acceptors (Lipinski definition) is 5. The first-order valence-corrected chi connectivity index (χ1v) is 12.1. The number of carbonyl (C=O) groups excluding carboxylic acids is 3. The molecule has 0 spiro atoms. The number of para-hydroxylation sites is 1. The number of ether oxygens (including phenoxy) is 1. The van der Waals surface area contributed by atoms with Gasteiger partial charge < -0.3 is 19.9 Å². The molecule has 2 aliphatic rings. The van der Waals surface area contributed by atoms with E-state index in [0.29, 0.717) is 17.7 Å². The number of carbonyl (C=O) groups is 3. The Morgan fingerprint density at radius 3 is 2.61 bits per heavy atom. The van der Waals surface area contributed by atoms with Gasteiger partial charge in [-0.25, -0.2) is 0 Å². The first-order valence-electron chi connectivity index (χ1n) is 12.1. The standard InChI is InChI=1S/C28H32N4O4/c1-28(2,3)14-23(32-16-21-19(26(32)34)10-8-12-24(21)36-5)27(35)31(4)17(15-29)13-20-18-9-6-7-11-22(18)30-25(20)33/h6-12,17,20,23H,13-14,16H2,1-5H3,(H,30,33)/t17-,20+,23-/m0/s1. The molecule has 0 fully saturated rings. The van der Waals surface area contributed by atoms with Gasteiger partial charge >= 0.3 is 0 Å². The van der Waals surface area contributed by atoms with Gasteiger partial charge in [0.25, 0.3) is 5.91 Å². The number of nitrogens with one attached hydrogen (secondary N) is 1. The summed E-state index contributed by atoms with van der Waals surface area (Å²) < 4.78 is 5.46. The minimum atomic E-state index is -0.837. The predicted octanol–water partition coefficient (Wildman–Crippen LogP) is 3.93. The van der Waals surface area contributed by atoms with E-state index in [-0.39, 0.29) is 36.1 Å². The van der Waals surface area contributed by atoms with E-state index in [1.54, 1.807) is 37.3 Å². The summed E-state index contributed by atoms with van der Waals surface area (Å²) in [4.78, 5) is 42.9. The van der Waals surface area contributed by atoms with Crippen LogP contribution in [0.1, 0.15) is 61.0 Å². The van der Waals surface area contributed by atoms with Crippen LogP contribution >= 0.6 is 0 Å². The molecule has 8 heteroatoms. The fourth-order valence-electron chi connectivity index (χ4n) is 5.10. The topological polar surface area (TPSA) is 103 Å². The van der Waals surface area contributed by atoms with E-state index in [1.165, 1.54) is 4.90 Å². The molecule has 36 heavy (non-hydrogen) atoms. The average molecular weight is 489 g/mol. The van der Waals surface area contributed by atoms with Crippen molar-refractivity contribution in [3.63, 3.8) is 0 Å². The van der Waals surface area contributed by atoms with E-state index in [2.05, 4.69) is 11.4 Å². The van der Waals surface area contributed by atoms with Crippen molar-refractivity contribution in [2.24, 2.45) is 5.41 Å². The monoisotopic (exact) mass is 488 g/mol. The molecule has 3 amide bonds. The summed E-state index contributed by atoms with van der Waals surface area (Å²) in [7, 11) is 3.14. The molecule has 0 aliphatic carbocycles. The van der Waals surface area contributed by atoms with Gasteiger partial charge in [-0.2, -0.15) is 5.26 Å². The van der Waals surface area contributed by atoms with Gasteiger partial charge in [0.05, 0.1) is 25.6 Å². The smallest absolute Gasteiger partial charge is 0.255 e. The highest BCUT2D eigenvalue weighted by Crippen LogP contribution is 2.37. The number of hydrogen-bond donors (Lipinski definition) is 1. The Labute approximate surface area is 211 Å². The van der Waals surface area contributed by atoms with Gasteiger partial charge in [0.2, 0.25) is 11.8 Å². The largest absolute Gasteiger partial charge is 0.496 e. The Morgan fingerprint density at radius 1 is 1.22 bits per heavy atom. The van der Waals surface area contributed by atoms with Gasteiger partial charge in [-0.15, -0.1) is 0 Å². The number of rotatable bonds is 7. The Hall–Kier alpha value is -3.86. The third-order valence-electron chi connectivity index (χ3n) is 6.97. The van der Waals surface area contributed by atoms with Crippen molar-refractivity contribution in [2.75, 3.05) is 19.5 Å². The van der Waals surface area contributed by atoms with Crippen LogP contribution < -0.4 is 10.1 Å². The number of benzene rings is 2. The molecule has 188 valence electrons. The third kappa shape index (κ3) is 4.66. The Bertz CT molecular complexity index is 1240. The fourth-order valence-corrected chi connectivity index (χ4v) is 5.10. The van der Waals surface area contributed by atoms with Gasteiger partial charge in [-0.05, 0) is 42.0 Å². The predicted molar refractivity (Wildman–Crippen MR) is 135 cm³/mol. The quantitative estimate of drug-likeness (QED) is 0.636. The number of anilines is 1. The van der Waals surface area contributed by atoms with Crippen LogP contribution in [-0.4, -0.2) is 53.8 Å². The van der Waals surface area contributed by atoms with Crippen molar-refractivity contribution < 1.29 is 19.1 Å². The Balaban J connectivity index is 1.60. The maximum Gasteiger partial charge on any atom is 0.255 e. The zero-order valence-corrected chi connectivity index (χ0v) is 21.4. The van der Waals surface area contributed by atoms with E-state index < -0.39 is 18.0 Å². The number of methoxy groups -OCH3 is 1. The van der Waals surface area contributed by atoms with Gasteiger partial charge in [0.15, 0.2) is 0 Å². The van der Waals surface area contributed by atoms with E-state index in [0.717, 1.165) is 16.8 Å². The lowest BCUT2D eigenvalue weighted by Crippen LogP contribution is -2.52. The summed E-state index contributed by atoms with van der Waals surface area (Å²) in [5.74, 6) is -0.634. The SMILES string of the molecule is COc1cccc2c1CN([C@@H](CC(C)(C)C)C(=O)N(C)[C@H](C#N)C[C@H]1C(=O)Nc3ccccc31)C2=O. The highest BCUT2D eigenvalue weighted by Gasteiger charge is 2.42. The van der Waals surface area contributed by atoms with Crippen LogP contribution in [0.15, 0.2) is 42.5 Å². The van der Waals surface area contributed by atoms with Crippen LogP contribution in [0.5, 0.6) is 5.75 Å². The van der Waals surface area contributed by atoms with E-state index in [9.17, 15) is 19.6 Å². The lowest BCUT2D eigenvalue weighted by molar-refractivity contribution is -0.137. The fraction of sp³-hybridized carbons (Fsp3) is 0.429. The van der Waals surface area contributed by atoms with Gasteiger partial charge in [-0.3, -0.25) is 14.4 Å². The molecular weight excluding hydrogens is 456 g/mol. The molecule has 2 aromatic carbocycles. The summed E-state index contributed by atoms with van der Waals surface area (Å²) >= 11 is 0. The molecular formula is C28H32N4O4. The molecule has 0 radical (unpaired) electrons. The molecule has 1 N–H and O–H groups in total. The molecule has 2 aliphatic heterocycles. The number of fused-ring (bicyclic) bond motifs is 2. The van der Waals surface area contributed by atoms with Crippen LogP contribution in [0.25, 0.3) is 0 Å². The van der Waals surface area contributed by atoms with Crippen LogP contribution in [-0.2, 0) is 16.1 Å². The zero-order chi connectivity index (χ0) is 26.2. The van der Waals surface area contributed by atoms with E-state index in [1.807, 2.05) is 45.0 Å². The first-order chi connectivity index (χ1) is 17.1. The molecule has 0 bridgehead atoms. The van der Waals surface area contributed by atoms with Gasteiger partial charge in [0, 0.05) is 23.9 Å². The Morgan fingerprint density at radius 2 is 1.94 bits per heavy atom. The van der Waals surface area contributed by atoms with Crippen molar-refractivity contribution in [3.05, 3.63) is 59.2 Å². The summed E-state index contributed by atoms with van der Waals surface area (Å²) in [5, 5.41) is 12.9. The molecule has 0 saturated heterocycles. The van der Waals surface area contributed by atoms with Crippen molar-refractivity contribution in [1.82, 2.24) is 9.80 Å². The average Bonchev–Trinajstić information content (AvgIpc) is 3.35. The second-order valence-electron chi connectivity index (χ2n) is 10.7. The summed E-state index contributed by atoms with van der Waals surface area (Å²) in [6.07, 6.45) is 0.592. The summed E-state index contributed by atoms with van der Waals surface area (Å²) in [6.45, 7) is 6.31. The third-order valence-corrected chi connectivity index (χ3v) is 6.97. The summed E-state index contributed by atoms with van der Waals surface area (Å²) in [5.41, 5.74) is 2.59. The van der Waals surface area contributed by atoms with E-state index in [4.69, 9.17) is 4.74 Å². The molecule has 2 aromatic rings. The van der Waals surface area contributed by atoms with Gasteiger partial charge in [0.1, 0.15) is 17.8 Å². The summed E-state index contributed by atoms with van der Waals surface area (Å²) in [6, 6.07) is 13.3. The molecule has 0 saturated carbocycles. The van der Waals surface area contributed by atoms with Crippen LogP contribution in [0, 0.1) is 16.7 Å². The highest BCUT2D eigenvalue weighted by molar-refractivity contribution is 6.03. The maximum absolute atomic E-state index is 13.9. The molecule has 4 rings (SSSR count). The molecule has 3 atom stereocenters. The van der Waals surface area contributed by atoms with Crippen molar-refractivity contribution in [1.29, 1.82) is 5.26 Å². The zero-order valence-electron chi connectivity index (χ0n) is 21.4. The molecule has 0 unspecified atom stereocenters. The van der Waals surface area contributed by atoms with Crippen LogP contribution in [0.3, 0.4) is 0 Å².